The van der Waals surface area contributed by atoms with Crippen LogP contribution in [0, 0.1) is 0 Å². The first kappa shape index (κ1) is 12.1. The van der Waals surface area contributed by atoms with Crippen molar-refractivity contribution in [2.24, 2.45) is 0 Å². The molecule has 0 aliphatic carbocycles. The predicted octanol–water partition coefficient (Wildman–Crippen LogP) is 3.57. The maximum atomic E-state index is 12.2. The molecule has 19 heavy (non-hydrogen) atoms. The summed E-state index contributed by atoms with van der Waals surface area (Å²) >= 11 is 0. The zero-order chi connectivity index (χ0) is 13.1. The number of ketones is 1. The minimum Gasteiger partial charge on any atom is -0.373 e. The average molecular weight is 252 g/mol. The monoisotopic (exact) mass is 252 g/mol. The summed E-state index contributed by atoms with van der Waals surface area (Å²) < 4.78 is 5.78. The standard InChI is InChI=1S/C17H16O2/c18-16(14-7-2-1-3-8-14)12-17-15-9-5-4-6-13(15)10-11-19-17/h1-9,17H,10-12H2. The van der Waals surface area contributed by atoms with Crippen LogP contribution in [0.5, 0.6) is 0 Å². The van der Waals surface area contributed by atoms with Gasteiger partial charge in [0.05, 0.1) is 12.7 Å². The van der Waals surface area contributed by atoms with Gasteiger partial charge >= 0.3 is 0 Å². The molecule has 0 saturated heterocycles. The first-order valence-corrected chi connectivity index (χ1v) is 6.62. The molecule has 1 unspecified atom stereocenters. The Bertz CT molecular complexity index is 575. The van der Waals surface area contributed by atoms with Crippen LogP contribution in [-0.4, -0.2) is 12.4 Å². The van der Waals surface area contributed by atoms with Crippen LogP contribution in [0.25, 0.3) is 0 Å². The second kappa shape index (κ2) is 5.37. The van der Waals surface area contributed by atoms with Gasteiger partial charge in [0.25, 0.3) is 0 Å². The molecule has 1 aliphatic heterocycles. The van der Waals surface area contributed by atoms with E-state index in [2.05, 4.69) is 12.1 Å². The highest BCUT2D eigenvalue weighted by molar-refractivity contribution is 5.96. The molecule has 1 heterocycles. The smallest absolute Gasteiger partial charge is 0.165 e. The molecule has 0 saturated carbocycles. The highest BCUT2D eigenvalue weighted by atomic mass is 16.5. The molecule has 2 aromatic rings. The van der Waals surface area contributed by atoms with Crippen molar-refractivity contribution in [1.29, 1.82) is 0 Å². The van der Waals surface area contributed by atoms with Crippen molar-refractivity contribution in [2.45, 2.75) is 18.9 Å². The number of Topliss-reactive ketones (excluding diaryl/α,β-unsaturated/α-hetero) is 1. The van der Waals surface area contributed by atoms with Crippen LogP contribution in [0.2, 0.25) is 0 Å². The molecule has 0 N–H and O–H groups in total. The number of ether oxygens (including phenoxy) is 1. The largest absolute Gasteiger partial charge is 0.373 e. The molecule has 96 valence electrons. The highest BCUT2D eigenvalue weighted by Crippen LogP contribution is 2.30. The third kappa shape index (κ3) is 2.59. The minimum atomic E-state index is -0.0994. The van der Waals surface area contributed by atoms with Gasteiger partial charge in [0.15, 0.2) is 5.78 Å². The van der Waals surface area contributed by atoms with E-state index in [-0.39, 0.29) is 11.9 Å². The van der Waals surface area contributed by atoms with Crippen LogP contribution in [0.3, 0.4) is 0 Å². The van der Waals surface area contributed by atoms with Gasteiger partial charge in [-0.3, -0.25) is 4.79 Å². The van der Waals surface area contributed by atoms with Gasteiger partial charge in [-0.15, -0.1) is 0 Å². The Kier molecular flexibility index (Phi) is 3.43. The van der Waals surface area contributed by atoms with E-state index in [1.54, 1.807) is 0 Å². The van der Waals surface area contributed by atoms with Crippen molar-refractivity contribution < 1.29 is 9.53 Å². The van der Waals surface area contributed by atoms with Crippen molar-refractivity contribution in [2.75, 3.05) is 6.61 Å². The fraction of sp³-hybridized carbons (Fsp3) is 0.235. The second-order valence-corrected chi connectivity index (χ2v) is 4.80. The van der Waals surface area contributed by atoms with Crippen molar-refractivity contribution in [3.05, 3.63) is 71.3 Å². The van der Waals surface area contributed by atoms with Gasteiger partial charge in [-0.2, -0.15) is 0 Å². The molecule has 2 heteroatoms. The van der Waals surface area contributed by atoms with E-state index in [1.165, 1.54) is 5.56 Å². The minimum absolute atomic E-state index is 0.0994. The summed E-state index contributed by atoms with van der Waals surface area (Å²) in [6.07, 6.45) is 1.25. The third-order valence-electron chi connectivity index (χ3n) is 3.56. The number of fused-ring (bicyclic) bond motifs is 1. The zero-order valence-electron chi connectivity index (χ0n) is 10.7. The van der Waals surface area contributed by atoms with E-state index in [0.29, 0.717) is 13.0 Å². The van der Waals surface area contributed by atoms with Crippen LogP contribution in [0.15, 0.2) is 54.6 Å². The van der Waals surface area contributed by atoms with Crippen LogP contribution in [-0.2, 0) is 11.2 Å². The van der Waals surface area contributed by atoms with E-state index in [4.69, 9.17) is 4.74 Å². The molecule has 0 amide bonds. The maximum absolute atomic E-state index is 12.2. The number of carbonyl (C=O) groups is 1. The van der Waals surface area contributed by atoms with Gasteiger partial charge in [-0.05, 0) is 17.5 Å². The fourth-order valence-electron chi connectivity index (χ4n) is 2.56. The zero-order valence-corrected chi connectivity index (χ0v) is 10.7. The molecule has 2 nitrogen and oxygen atoms in total. The number of carbonyl (C=O) groups excluding carboxylic acids is 1. The van der Waals surface area contributed by atoms with E-state index < -0.39 is 0 Å². The fourth-order valence-corrected chi connectivity index (χ4v) is 2.56. The van der Waals surface area contributed by atoms with Crippen molar-refractivity contribution in [1.82, 2.24) is 0 Å². The Morgan fingerprint density at radius 2 is 1.79 bits per heavy atom. The first-order chi connectivity index (χ1) is 9.34. The molecule has 0 aromatic heterocycles. The normalized spacial score (nSPS) is 17.8. The van der Waals surface area contributed by atoms with Gasteiger partial charge in [0, 0.05) is 12.0 Å². The summed E-state index contributed by atoms with van der Waals surface area (Å²) in [6.45, 7) is 0.698. The van der Waals surface area contributed by atoms with Crippen LogP contribution in [0.1, 0.15) is 34.0 Å². The number of benzene rings is 2. The molecule has 3 rings (SSSR count). The third-order valence-corrected chi connectivity index (χ3v) is 3.56. The quantitative estimate of drug-likeness (QED) is 0.780. The van der Waals surface area contributed by atoms with Gasteiger partial charge in [0.1, 0.15) is 0 Å². The lowest BCUT2D eigenvalue weighted by Crippen LogP contribution is -2.19. The van der Waals surface area contributed by atoms with Crippen LogP contribution < -0.4 is 0 Å². The number of hydrogen-bond acceptors (Lipinski definition) is 2. The van der Waals surface area contributed by atoms with Crippen LogP contribution in [0.4, 0.5) is 0 Å². The average Bonchev–Trinajstić information content (AvgIpc) is 2.48. The Balaban J connectivity index is 1.80. The molecule has 1 aliphatic rings. The molecule has 0 spiro atoms. The maximum Gasteiger partial charge on any atom is 0.165 e. The predicted molar refractivity (Wildman–Crippen MR) is 74.2 cm³/mol. The van der Waals surface area contributed by atoms with Crippen molar-refractivity contribution in [3.8, 4) is 0 Å². The summed E-state index contributed by atoms with van der Waals surface area (Å²) in [4.78, 5) is 12.2. The number of hydrogen-bond donors (Lipinski definition) is 0. The summed E-state index contributed by atoms with van der Waals surface area (Å²) in [6, 6.07) is 17.7. The lowest BCUT2D eigenvalue weighted by atomic mass is 9.93. The van der Waals surface area contributed by atoms with Gasteiger partial charge in [-0.1, -0.05) is 54.6 Å². The summed E-state index contributed by atoms with van der Waals surface area (Å²) in [7, 11) is 0. The molecule has 0 fully saturated rings. The molecular formula is C17H16O2. The van der Waals surface area contributed by atoms with Gasteiger partial charge in [0.2, 0.25) is 0 Å². The first-order valence-electron chi connectivity index (χ1n) is 6.62. The van der Waals surface area contributed by atoms with E-state index in [1.807, 2.05) is 42.5 Å². The van der Waals surface area contributed by atoms with E-state index >= 15 is 0 Å². The molecule has 0 bridgehead atoms. The second-order valence-electron chi connectivity index (χ2n) is 4.80. The molecule has 0 radical (unpaired) electrons. The summed E-state index contributed by atoms with van der Waals surface area (Å²) in [5.41, 5.74) is 3.23. The lowest BCUT2D eigenvalue weighted by molar-refractivity contribution is 0.0352. The SMILES string of the molecule is O=C(CC1OCCc2ccccc21)c1ccccc1. The van der Waals surface area contributed by atoms with Crippen molar-refractivity contribution in [3.63, 3.8) is 0 Å². The van der Waals surface area contributed by atoms with Crippen molar-refractivity contribution >= 4 is 5.78 Å². The Morgan fingerprint density at radius 3 is 2.63 bits per heavy atom. The molecule has 1 atom stereocenters. The Labute approximate surface area is 113 Å². The van der Waals surface area contributed by atoms with Gasteiger partial charge < -0.3 is 4.74 Å². The summed E-state index contributed by atoms with van der Waals surface area (Å²) in [5, 5.41) is 0. The number of rotatable bonds is 3. The van der Waals surface area contributed by atoms with Gasteiger partial charge in [-0.25, -0.2) is 0 Å². The van der Waals surface area contributed by atoms with E-state index in [9.17, 15) is 4.79 Å². The molecular weight excluding hydrogens is 236 g/mol. The Morgan fingerprint density at radius 1 is 1.05 bits per heavy atom. The Hall–Kier alpha value is -1.93. The highest BCUT2D eigenvalue weighted by Gasteiger charge is 2.23. The topological polar surface area (TPSA) is 26.3 Å². The summed E-state index contributed by atoms with van der Waals surface area (Å²) in [5.74, 6) is 0.141. The van der Waals surface area contributed by atoms with E-state index in [0.717, 1.165) is 17.5 Å². The molecule has 2 aromatic carbocycles. The van der Waals surface area contributed by atoms with Crippen LogP contribution >= 0.6 is 0 Å². The lowest BCUT2D eigenvalue weighted by Gasteiger charge is -2.25.